The molecule has 3 rings (SSSR count). The normalized spacial score (nSPS) is 15.4. The van der Waals surface area contributed by atoms with Crippen molar-refractivity contribution in [2.24, 2.45) is 4.99 Å². The summed E-state index contributed by atoms with van der Waals surface area (Å²) in [5, 5.41) is 3.44. The van der Waals surface area contributed by atoms with E-state index in [-0.39, 0.29) is 0 Å². The molecule has 0 bridgehead atoms. The molecule has 1 N–H and O–H groups in total. The highest BCUT2D eigenvalue weighted by molar-refractivity contribution is 5.79. The number of ether oxygens (including phenoxy) is 2. The molecule has 2 aromatic carbocycles. The minimum Gasteiger partial charge on any atom is -0.381 e. The van der Waals surface area contributed by atoms with Gasteiger partial charge in [-0.3, -0.25) is 0 Å². The van der Waals surface area contributed by atoms with Crippen molar-refractivity contribution in [1.82, 2.24) is 10.2 Å². The fraction of sp³-hybridized carbons (Fsp3) is 0.435. The Hall–Kier alpha value is -2.37. The van der Waals surface area contributed by atoms with Gasteiger partial charge < -0.3 is 19.7 Å². The molecular weight excluding hydrogens is 350 g/mol. The Morgan fingerprint density at radius 2 is 1.68 bits per heavy atom. The van der Waals surface area contributed by atoms with Gasteiger partial charge in [-0.1, -0.05) is 54.6 Å². The molecule has 0 radical (unpaired) electrons. The van der Waals surface area contributed by atoms with Crippen LogP contribution in [0.15, 0.2) is 59.6 Å². The van der Waals surface area contributed by atoms with Crippen LogP contribution in [0.5, 0.6) is 0 Å². The molecule has 1 heterocycles. The first-order valence-corrected chi connectivity index (χ1v) is 9.97. The van der Waals surface area contributed by atoms with E-state index in [4.69, 9.17) is 14.5 Å². The minimum atomic E-state index is 0.332. The average molecular weight is 382 g/mol. The largest absolute Gasteiger partial charge is 0.381 e. The molecule has 0 aromatic heterocycles. The van der Waals surface area contributed by atoms with Crippen molar-refractivity contribution < 1.29 is 9.47 Å². The molecule has 5 heteroatoms. The van der Waals surface area contributed by atoms with Crippen LogP contribution in [0.25, 0.3) is 0 Å². The van der Waals surface area contributed by atoms with Crippen molar-refractivity contribution in [2.75, 3.05) is 27.3 Å². The summed E-state index contributed by atoms with van der Waals surface area (Å²) in [5.74, 6) is 0.885. The monoisotopic (exact) mass is 381 g/mol. The van der Waals surface area contributed by atoms with Crippen LogP contribution in [0.1, 0.15) is 29.5 Å². The molecule has 0 unspecified atom stereocenters. The van der Waals surface area contributed by atoms with Gasteiger partial charge in [0.05, 0.1) is 19.3 Å². The third-order valence-electron chi connectivity index (χ3n) is 4.81. The number of nitrogens with zero attached hydrogens (tertiary/aromatic N) is 2. The Morgan fingerprint density at radius 1 is 1.00 bits per heavy atom. The SMILES string of the molecule is CN(C)C(=NCc1ccccc1)NCc1ccc(COC2CCOCC2)cc1. The van der Waals surface area contributed by atoms with Crippen molar-refractivity contribution in [2.45, 2.75) is 38.6 Å². The summed E-state index contributed by atoms with van der Waals surface area (Å²) < 4.78 is 11.4. The van der Waals surface area contributed by atoms with Crippen molar-refractivity contribution in [1.29, 1.82) is 0 Å². The van der Waals surface area contributed by atoms with Gasteiger partial charge in [0.1, 0.15) is 0 Å². The zero-order valence-electron chi connectivity index (χ0n) is 16.9. The number of rotatable bonds is 7. The molecule has 0 spiro atoms. The summed E-state index contributed by atoms with van der Waals surface area (Å²) in [5.41, 5.74) is 3.64. The maximum atomic E-state index is 5.99. The summed E-state index contributed by atoms with van der Waals surface area (Å²) in [6.07, 6.45) is 2.33. The number of hydrogen-bond acceptors (Lipinski definition) is 3. The van der Waals surface area contributed by atoms with Crippen LogP contribution in [-0.4, -0.2) is 44.3 Å². The molecule has 0 saturated carbocycles. The summed E-state index contributed by atoms with van der Waals surface area (Å²) in [7, 11) is 4.02. The zero-order chi connectivity index (χ0) is 19.6. The van der Waals surface area contributed by atoms with Gasteiger partial charge in [-0.25, -0.2) is 4.99 Å². The first-order chi connectivity index (χ1) is 13.7. The van der Waals surface area contributed by atoms with Gasteiger partial charge in [0.15, 0.2) is 5.96 Å². The second-order valence-electron chi connectivity index (χ2n) is 7.31. The molecule has 0 aliphatic carbocycles. The van der Waals surface area contributed by atoms with E-state index >= 15 is 0 Å². The third-order valence-corrected chi connectivity index (χ3v) is 4.81. The van der Waals surface area contributed by atoms with E-state index in [2.05, 4.69) is 41.7 Å². The lowest BCUT2D eigenvalue weighted by Crippen LogP contribution is -2.36. The first kappa shape index (κ1) is 20.4. The lowest BCUT2D eigenvalue weighted by Gasteiger charge is -2.22. The summed E-state index contributed by atoms with van der Waals surface area (Å²) in [6.45, 7) is 3.71. The van der Waals surface area contributed by atoms with Gasteiger partial charge in [0, 0.05) is 33.9 Å². The van der Waals surface area contributed by atoms with Crippen LogP contribution in [0.2, 0.25) is 0 Å². The van der Waals surface area contributed by atoms with Gasteiger partial charge in [-0.15, -0.1) is 0 Å². The van der Waals surface area contributed by atoms with E-state index in [1.54, 1.807) is 0 Å². The quantitative estimate of drug-likeness (QED) is 0.588. The van der Waals surface area contributed by atoms with E-state index in [9.17, 15) is 0 Å². The van der Waals surface area contributed by atoms with Crippen LogP contribution < -0.4 is 5.32 Å². The Morgan fingerprint density at radius 3 is 2.36 bits per heavy atom. The van der Waals surface area contributed by atoms with E-state index in [1.165, 1.54) is 16.7 Å². The number of guanidine groups is 1. The van der Waals surface area contributed by atoms with E-state index in [0.29, 0.717) is 19.3 Å². The predicted octanol–water partition coefficient (Wildman–Crippen LogP) is 3.59. The average Bonchev–Trinajstić information content (AvgIpc) is 2.74. The Bertz CT molecular complexity index is 723. The van der Waals surface area contributed by atoms with Gasteiger partial charge in [-0.2, -0.15) is 0 Å². The lowest BCUT2D eigenvalue weighted by atomic mass is 10.1. The summed E-state index contributed by atoms with van der Waals surface area (Å²) in [4.78, 5) is 6.72. The molecule has 5 nitrogen and oxygen atoms in total. The Labute approximate surface area is 168 Å². The van der Waals surface area contributed by atoms with Gasteiger partial charge in [-0.05, 0) is 29.5 Å². The Balaban J connectivity index is 1.48. The minimum absolute atomic E-state index is 0.332. The molecular formula is C23H31N3O2. The molecule has 2 aromatic rings. The zero-order valence-corrected chi connectivity index (χ0v) is 16.9. The molecule has 1 aliphatic rings. The molecule has 1 fully saturated rings. The highest BCUT2D eigenvalue weighted by Gasteiger charge is 2.13. The van der Waals surface area contributed by atoms with Crippen molar-refractivity contribution in [3.05, 3.63) is 71.3 Å². The summed E-state index contributed by atoms with van der Waals surface area (Å²) in [6, 6.07) is 18.9. The predicted molar refractivity (Wildman–Crippen MR) is 113 cm³/mol. The molecule has 0 atom stereocenters. The first-order valence-electron chi connectivity index (χ1n) is 9.97. The highest BCUT2D eigenvalue weighted by Crippen LogP contribution is 2.14. The van der Waals surface area contributed by atoms with E-state index in [1.807, 2.05) is 37.2 Å². The van der Waals surface area contributed by atoms with Crippen molar-refractivity contribution in [3.8, 4) is 0 Å². The molecule has 28 heavy (non-hydrogen) atoms. The topological polar surface area (TPSA) is 46.1 Å². The van der Waals surface area contributed by atoms with Crippen LogP contribution in [0.3, 0.4) is 0 Å². The van der Waals surface area contributed by atoms with Crippen LogP contribution >= 0.6 is 0 Å². The number of aliphatic imine (C=N–C) groups is 1. The summed E-state index contributed by atoms with van der Waals surface area (Å²) >= 11 is 0. The fourth-order valence-corrected chi connectivity index (χ4v) is 3.10. The lowest BCUT2D eigenvalue weighted by molar-refractivity contribution is -0.0390. The van der Waals surface area contributed by atoms with E-state index in [0.717, 1.165) is 38.6 Å². The van der Waals surface area contributed by atoms with Crippen molar-refractivity contribution >= 4 is 5.96 Å². The van der Waals surface area contributed by atoms with Crippen LogP contribution in [0.4, 0.5) is 0 Å². The van der Waals surface area contributed by atoms with Gasteiger partial charge >= 0.3 is 0 Å². The highest BCUT2D eigenvalue weighted by atomic mass is 16.5. The number of benzene rings is 2. The molecule has 150 valence electrons. The van der Waals surface area contributed by atoms with Gasteiger partial charge in [0.2, 0.25) is 0 Å². The van der Waals surface area contributed by atoms with Crippen LogP contribution in [-0.2, 0) is 29.2 Å². The Kier molecular flexibility index (Phi) is 7.88. The molecule has 0 amide bonds. The van der Waals surface area contributed by atoms with Crippen LogP contribution in [0, 0.1) is 0 Å². The third kappa shape index (κ3) is 6.66. The maximum absolute atomic E-state index is 5.99. The van der Waals surface area contributed by atoms with Crippen molar-refractivity contribution in [3.63, 3.8) is 0 Å². The maximum Gasteiger partial charge on any atom is 0.194 e. The fourth-order valence-electron chi connectivity index (χ4n) is 3.10. The standard InChI is InChI=1S/C23H31N3O2/c1-26(2)23(24-16-19-6-4-3-5-7-19)25-17-20-8-10-21(11-9-20)18-28-22-12-14-27-15-13-22/h3-11,22H,12-18H2,1-2H3,(H,24,25). The number of hydrogen-bond donors (Lipinski definition) is 1. The second-order valence-corrected chi connectivity index (χ2v) is 7.31. The van der Waals surface area contributed by atoms with Gasteiger partial charge in [0.25, 0.3) is 0 Å². The molecule has 1 aliphatic heterocycles. The van der Waals surface area contributed by atoms with E-state index < -0.39 is 0 Å². The number of nitrogens with one attached hydrogen (secondary N) is 1. The smallest absolute Gasteiger partial charge is 0.194 e. The molecule has 1 saturated heterocycles. The second kappa shape index (κ2) is 10.8.